The van der Waals surface area contributed by atoms with Crippen molar-refractivity contribution in [2.45, 2.75) is 31.9 Å². The molecule has 2 aromatic heterocycles. The van der Waals surface area contributed by atoms with E-state index in [1.165, 1.54) is 0 Å². The summed E-state index contributed by atoms with van der Waals surface area (Å²) in [5.41, 5.74) is 1.10. The summed E-state index contributed by atoms with van der Waals surface area (Å²) in [6, 6.07) is 8.77. The standard InChI is InChI=1S/C25H23F2N5O2/c1-15-14-28-23(29-15)20-6-4-16(10-21(20)34-2)5-7-22-30-24-25(33,8-3-9-32(24)31-22)17-11-18(26)13-19(27)12-17/h4-7,10-14,33H,3,8-9H2,1-2H3,(H,28,29)/b7-5+. The van der Waals surface area contributed by atoms with E-state index in [9.17, 15) is 13.9 Å². The highest BCUT2D eigenvalue weighted by Crippen LogP contribution is 2.37. The molecule has 0 fully saturated rings. The molecular formula is C25H23F2N5O2. The van der Waals surface area contributed by atoms with Crippen molar-refractivity contribution in [1.29, 1.82) is 0 Å². The molecular weight excluding hydrogens is 440 g/mol. The van der Waals surface area contributed by atoms with E-state index in [-0.39, 0.29) is 11.4 Å². The van der Waals surface area contributed by atoms with Crippen molar-refractivity contribution in [2.24, 2.45) is 0 Å². The monoisotopic (exact) mass is 463 g/mol. The number of aliphatic hydroxyl groups is 1. The number of aryl methyl sites for hydroxylation is 2. The lowest BCUT2D eigenvalue weighted by Crippen LogP contribution is -2.35. The molecule has 0 spiro atoms. The van der Waals surface area contributed by atoms with E-state index in [0.717, 1.165) is 40.8 Å². The topological polar surface area (TPSA) is 88.8 Å². The number of halogens is 2. The fourth-order valence-corrected chi connectivity index (χ4v) is 4.28. The van der Waals surface area contributed by atoms with Crippen molar-refractivity contribution in [2.75, 3.05) is 7.11 Å². The lowest BCUT2D eigenvalue weighted by Gasteiger charge is -2.31. The van der Waals surface area contributed by atoms with Crippen LogP contribution in [0.3, 0.4) is 0 Å². The minimum atomic E-state index is -1.62. The van der Waals surface area contributed by atoms with Gasteiger partial charge in [0.25, 0.3) is 0 Å². The zero-order valence-corrected chi connectivity index (χ0v) is 18.7. The van der Waals surface area contributed by atoms with Gasteiger partial charge in [0.05, 0.1) is 18.4 Å². The van der Waals surface area contributed by atoms with Crippen LogP contribution in [0.5, 0.6) is 5.75 Å². The molecule has 34 heavy (non-hydrogen) atoms. The lowest BCUT2D eigenvalue weighted by molar-refractivity contribution is 0.0389. The van der Waals surface area contributed by atoms with Gasteiger partial charge in [0, 0.05) is 18.8 Å². The molecule has 2 N–H and O–H groups in total. The maximum atomic E-state index is 13.8. The normalized spacial score (nSPS) is 17.8. The van der Waals surface area contributed by atoms with Gasteiger partial charge in [-0.2, -0.15) is 5.10 Å². The second-order valence-electron chi connectivity index (χ2n) is 8.32. The van der Waals surface area contributed by atoms with Crippen LogP contribution < -0.4 is 4.74 Å². The van der Waals surface area contributed by atoms with Crippen LogP contribution >= 0.6 is 0 Å². The highest BCUT2D eigenvalue weighted by atomic mass is 19.1. The number of hydrogen-bond donors (Lipinski definition) is 2. The SMILES string of the molecule is COc1cc(/C=C/c2nc3n(n2)CCCC3(O)c2cc(F)cc(F)c2)ccc1-c1nc(C)c[nH]1. The maximum Gasteiger partial charge on any atom is 0.174 e. The third-order valence-corrected chi connectivity index (χ3v) is 5.92. The Labute approximate surface area is 194 Å². The second kappa shape index (κ2) is 8.49. The Balaban J connectivity index is 1.45. The number of aromatic amines is 1. The number of hydrogen-bond acceptors (Lipinski definition) is 5. The Morgan fingerprint density at radius 3 is 2.62 bits per heavy atom. The number of benzene rings is 2. The average molecular weight is 463 g/mol. The van der Waals surface area contributed by atoms with Crippen molar-refractivity contribution in [3.05, 3.63) is 82.7 Å². The first-order valence-corrected chi connectivity index (χ1v) is 10.9. The van der Waals surface area contributed by atoms with Gasteiger partial charge in [0.15, 0.2) is 11.6 Å². The first kappa shape index (κ1) is 22.0. The van der Waals surface area contributed by atoms with Crippen LogP contribution in [0.25, 0.3) is 23.5 Å². The first-order valence-electron chi connectivity index (χ1n) is 10.9. The van der Waals surface area contributed by atoms with Crippen LogP contribution in [0.4, 0.5) is 8.78 Å². The average Bonchev–Trinajstić information content (AvgIpc) is 3.44. The number of ether oxygens (including phenoxy) is 1. The van der Waals surface area contributed by atoms with Crippen molar-refractivity contribution < 1.29 is 18.6 Å². The van der Waals surface area contributed by atoms with E-state index in [2.05, 4.69) is 20.1 Å². The number of nitrogens with zero attached hydrogens (tertiary/aromatic N) is 4. The van der Waals surface area contributed by atoms with Gasteiger partial charge >= 0.3 is 0 Å². The Morgan fingerprint density at radius 1 is 1.12 bits per heavy atom. The highest BCUT2D eigenvalue weighted by molar-refractivity contribution is 5.72. The highest BCUT2D eigenvalue weighted by Gasteiger charge is 2.40. The molecule has 0 aliphatic carbocycles. The molecule has 174 valence electrons. The van der Waals surface area contributed by atoms with E-state index >= 15 is 0 Å². The Bertz CT molecular complexity index is 1370. The molecule has 0 saturated heterocycles. The van der Waals surface area contributed by atoms with Gasteiger partial charge < -0.3 is 14.8 Å². The smallest absolute Gasteiger partial charge is 0.174 e. The van der Waals surface area contributed by atoms with Crippen LogP contribution in [0.1, 0.15) is 41.3 Å². The van der Waals surface area contributed by atoms with Crippen molar-refractivity contribution in [1.82, 2.24) is 24.7 Å². The third-order valence-electron chi connectivity index (χ3n) is 5.92. The van der Waals surface area contributed by atoms with E-state index in [1.54, 1.807) is 17.9 Å². The fourth-order valence-electron chi connectivity index (χ4n) is 4.28. The largest absolute Gasteiger partial charge is 0.496 e. The zero-order valence-electron chi connectivity index (χ0n) is 18.7. The second-order valence-corrected chi connectivity index (χ2v) is 8.32. The molecule has 2 aromatic carbocycles. The molecule has 3 heterocycles. The summed E-state index contributed by atoms with van der Waals surface area (Å²) in [5, 5.41) is 15.8. The number of methoxy groups -OCH3 is 1. The van der Waals surface area contributed by atoms with E-state index in [1.807, 2.05) is 37.4 Å². The van der Waals surface area contributed by atoms with Gasteiger partial charge in [-0.3, -0.25) is 0 Å². The van der Waals surface area contributed by atoms with E-state index in [4.69, 9.17) is 4.74 Å². The Kier molecular flexibility index (Phi) is 5.49. The summed E-state index contributed by atoms with van der Waals surface area (Å²) in [6.45, 7) is 2.47. The molecule has 7 nitrogen and oxygen atoms in total. The maximum absolute atomic E-state index is 13.8. The molecule has 0 bridgehead atoms. The number of nitrogens with one attached hydrogen (secondary N) is 1. The minimum absolute atomic E-state index is 0.127. The molecule has 0 radical (unpaired) electrons. The van der Waals surface area contributed by atoms with Crippen molar-refractivity contribution in [3.8, 4) is 17.1 Å². The number of aromatic nitrogens is 5. The lowest BCUT2D eigenvalue weighted by atomic mass is 9.86. The summed E-state index contributed by atoms with van der Waals surface area (Å²) in [7, 11) is 1.60. The molecule has 4 aromatic rings. The van der Waals surface area contributed by atoms with Gasteiger partial charge in [-0.05, 0) is 61.2 Å². The summed E-state index contributed by atoms with van der Waals surface area (Å²) < 4.78 is 34.8. The number of rotatable bonds is 5. The molecule has 9 heteroatoms. The molecule has 1 aliphatic rings. The third kappa shape index (κ3) is 3.99. The predicted molar refractivity (Wildman–Crippen MR) is 123 cm³/mol. The molecule has 1 atom stereocenters. The van der Waals surface area contributed by atoms with E-state index in [0.29, 0.717) is 31.0 Å². The Hall–Kier alpha value is -3.85. The first-order chi connectivity index (χ1) is 16.4. The molecule has 1 unspecified atom stereocenters. The zero-order chi connectivity index (χ0) is 23.9. The predicted octanol–water partition coefficient (Wildman–Crippen LogP) is 4.46. The molecule has 1 aliphatic heterocycles. The number of fused-ring (bicyclic) bond motifs is 1. The van der Waals surface area contributed by atoms with Crippen LogP contribution in [0.2, 0.25) is 0 Å². The number of imidazole rings is 1. The quantitative estimate of drug-likeness (QED) is 0.456. The molecule has 0 saturated carbocycles. The van der Waals surface area contributed by atoms with Crippen LogP contribution in [0.15, 0.2) is 42.6 Å². The molecule has 5 rings (SSSR count). The van der Waals surface area contributed by atoms with Crippen LogP contribution in [-0.2, 0) is 12.1 Å². The summed E-state index contributed by atoms with van der Waals surface area (Å²) in [4.78, 5) is 12.1. The van der Waals surface area contributed by atoms with Gasteiger partial charge in [-0.25, -0.2) is 23.4 Å². The minimum Gasteiger partial charge on any atom is -0.496 e. The Morgan fingerprint density at radius 2 is 1.91 bits per heavy atom. The van der Waals surface area contributed by atoms with E-state index < -0.39 is 17.2 Å². The van der Waals surface area contributed by atoms with Gasteiger partial charge in [-0.1, -0.05) is 12.1 Å². The van der Waals surface area contributed by atoms with Gasteiger partial charge in [0.1, 0.15) is 28.8 Å². The fraction of sp³-hybridized carbons (Fsp3) is 0.240. The van der Waals surface area contributed by atoms with Crippen molar-refractivity contribution >= 4 is 12.2 Å². The summed E-state index contributed by atoms with van der Waals surface area (Å²) >= 11 is 0. The van der Waals surface area contributed by atoms with Gasteiger partial charge in [-0.15, -0.1) is 0 Å². The summed E-state index contributed by atoms with van der Waals surface area (Å²) in [5.74, 6) is 0.545. The van der Waals surface area contributed by atoms with Gasteiger partial charge in [0.2, 0.25) is 0 Å². The summed E-state index contributed by atoms with van der Waals surface area (Å²) in [6.07, 6.45) is 6.28. The van der Waals surface area contributed by atoms with Crippen molar-refractivity contribution in [3.63, 3.8) is 0 Å². The van der Waals surface area contributed by atoms with Crippen LogP contribution in [0, 0.1) is 18.6 Å². The molecule has 0 amide bonds. The van der Waals surface area contributed by atoms with Crippen LogP contribution in [-0.4, -0.2) is 36.9 Å². The number of H-pyrrole nitrogens is 1.